The van der Waals surface area contributed by atoms with Crippen molar-refractivity contribution in [2.24, 2.45) is 0 Å². The van der Waals surface area contributed by atoms with E-state index in [-0.39, 0.29) is 25.7 Å². The van der Waals surface area contributed by atoms with Crippen LogP contribution in [0.2, 0.25) is 0 Å². The molecule has 0 N–H and O–H groups in total. The van der Waals surface area contributed by atoms with E-state index < -0.39 is 0 Å². The predicted octanol–water partition coefficient (Wildman–Crippen LogP) is -0.137. The van der Waals surface area contributed by atoms with E-state index in [0.29, 0.717) is 0 Å². The van der Waals surface area contributed by atoms with Crippen molar-refractivity contribution in [1.29, 1.82) is 0 Å². The smallest absolute Gasteiger partial charge is 0.491 e. The third-order valence-electron chi connectivity index (χ3n) is 0.369. The molecule has 0 bridgehead atoms. The van der Waals surface area contributed by atoms with Gasteiger partial charge in [0.2, 0.25) is 9.76 Å². The molecule has 9 heavy (non-hydrogen) atoms. The molecule has 3 nitrogen and oxygen atoms in total. The Morgan fingerprint density at radius 3 is 2.89 bits per heavy atom. The van der Waals surface area contributed by atoms with Crippen LogP contribution in [-0.2, 0) is 13.3 Å². The fraction of sp³-hybridized carbons (Fsp3) is 0.250. The SMILES string of the molecule is C=C[Si]O[Si]OC(C)=O. The van der Waals surface area contributed by atoms with Gasteiger partial charge >= 0.3 is 10.0 Å². The van der Waals surface area contributed by atoms with Gasteiger partial charge in [0.25, 0.3) is 5.97 Å². The van der Waals surface area contributed by atoms with Crippen LogP contribution in [0.1, 0.15) is 6.92 Å². The third kappa shape index (κ3) is 7.60. The first kappa shape index (κ1) is 8.60. The second-order valence-electron chi connectivity index (χ2n) is 1.10. The largest absolute Gasteiger partial charge is 0.511 e. The van der Waals surface area contributed by atoms with E-state index in [1.807, 2.05) is 0 Å². The van der Waals surface area contributed by atoms with Crippen LogP contribution in [-0.4, -0.2) is 25.7 Å². The molecule has 0 aliphatic rings. The Kier molecular flexibility index (Phi) is 5.48. The highest BCUT2D eigenvalue weighted by Crippen LogP contribution is 1.73. The number of hydrogen-bond donors (Lipinski definition) is 0. The normalized spacial score (nSPS) is 8.56. The zero-order chi connectivity index (χ0) is 7.11. The van der Waals surface area contributed by atoms with Gasteiger partial charge in [-0.15, -0.1) is 6.58 Å². The molecule has 0 aromatic heterocycles. The van der Waals surface area contributed by atoms with Crippen LogP contribution >= 0.6 is 0 Å². The van der Waals surface area contributed by atoms with Gasteiger partial charge in [-0.2, -0.15) is 0 Å². The summed E-state index contributed by atoms with van der Waals surface area (Å²) in [5.74, 6) is -0.317. The molecule has 0 unspecified atom stereocenters. The predicted molar refractivity (Wildman–Crippen MR) is 34.6 cm³/mol. The zero-order valence-electron chi connectivity index (χ0n) is 5.01. The monoisotopic (exact) mass is 158 g/mol. The lowest BCUT2D eigenvalue weighted by Crippen LogP contribution is -2.09. The summed E-state index contributed by atoms with van der Waals surface area (Å²) in [6.07, 6.45) is 0. The molecule has 0 aliphatic heterocycles. The molecule has 0 atom stereocenters. The van der Waals surface area contributed by atoms with Crippen molar-refractivity contribution in [2.75, 3.05) is 0 Å². The Morgan fingerprint density at radius 1 is 1.78 bits per heavy atom. The van der Waals surface area contributed by atoms with E-state index in [4.69, 9.17) is 4.12 Å². The number of carbonyl (C=O) groups is 1. The van der Waals surface area contributed by atoms with Gasteiger partial charge in [-0.3, -0.25) is 4.79 Å². The lowest BCUT2D eigenvalue weighted by molar-refractivity contribution is -0.132. The van der Waals surface area contributed by atoms with Crippen LogP contribution in [0, 0.1) is 0 Å². The highest BCUT2D eigenvalue weighted by molar-refractivity contribution is 6.44. The minimum atomic E-state index is -0.317. The molecule has 0 aliphatic carbocycles. The second kappa shape index (κ2) is 5.74. The average molecular weight is 158 g/mol. The molecular formula is C4H6O3Si2. The summed E-state index contributed by atoms with van der Waals surface area (Å²) < 4.78 is 9.26. The summed E-state index contributed by atoms with van der Waals surface area (Å²) >= 11 is 0. The first-order valence-electron chi connectivity index (χ1n) is 2.22. The van der Waals surface area contributed by atoms with Gasteiger partial charge in [0.05, 0.1) is 0 Å². The number of rotatable bonds is 4. The lowest BCUT2D eigenvalue weighted by atomic mass is 10.9. The van der Waals surface area contributed by atoms with E-state index in [0.717, 1.165) is 0 Å². The Morgan fingerprint density at radius 2 is 2.44 bits per heavy atom. The standard InChI is InChI=1S/C4H6O3Si2/c1-3-8-7-9-6-4(2)5/h3H,1H2,2H3. The maximum atomic E-state index is 10.1. The maximum absolute atomic E-state index is 10.1. The van der Waals surface area contributed by atoms with Crippen LogP contribution < -0.4 is 0 Å². The van der Waals surface area contributed by atoms with E-state index in [1.165, 1.54) is 6.92 Å². The van der Waals surface area contributed by atoms with Crippen molar-refractivity contribution in [2.45, 2.75) is 6.92 Å². The van der Waals surface area contributed by atoms with E-state index in [1.54, 1.807) is 5.70 Å². The maximum Gasteiger partial charge on any atom is 0.511 e. The molecular weight excluding hydrogens is 152 g/mol. The van der Waals surface area contributed by atoms with Crippen LogP contribution in [0.25, 0.3) is 0 Å². The van der Waals surface area contributed by atoms with Gasteiger partial charge in [0, 0.05) is 6.92 Å². The van der Waals surface area contributed by atoms with Crippen LogP contribution in [0.5, 0.6) is 0 Å². The molecule has 0 rings (SSSR count). The lowest BCUT2D eigenvalue weighted by Gasteiger charge is -1.94. The Hall–Kier alpha value is -0.396. The fourth-order valence-electron chi connectivity index (χ4n) is 0.145. The van der Waals surface area contributed by atoms with Crippen LogP contribution in [0.3, 0.4) is 0 Å². The summed E-state index contributed by atoms with van der Waals surface area (Å²) in [7, 11) is 0.0244. The number of hydrogen-bond acceptors (Lipinski definition) is 3. The summed E-state index contributed by atoms with van der Waals surface area (Å²) in [4.78, 5) is 10.1. The Labute approximate surface area is 59.1 Å². The van der Waals surface area contributed by atoms with Gasteiger partial charge in [-0.25, -0.2) is 0 Å². The van der Waals surface area contributed by atoms with Crippen molar-refractivity contribution in [1.82, 2.24) is 0 Å². The Balaban J connectivity index is 2.91. The molecule has 0 saturated heterocycles. The molecule has 0 saturated carbocycles. The first-order valence-corrected chi connectivity index (χ1v) is 4.02. The minimum Gasteiger partial charge on any atom is -0.491 e. The average Bonchev–Trinajstić information content (AvgIpc) is 1.80. The van der Waals surface area contributed by atoms with Crippen molar-refractivity contribution in [3.05, 3.63) is 12.3 Å². The molecule has 0 aromatic carbocycles. The van der Waals surface area contributed by atoms with Gasteiger partial charge in [0.15, 0.2) is 0 Å². The van der Waals surface area contributed by atoms with Crippen molar-refractivity contribution < 1.29 is 13.3 Å². The molecule has 48 valence electrons. The van der Waals surface area contributed by atoms with Crippen LogP contribution in [0.15, 0.2) is 12.3 Å². The van der Waals surface area contributed by atoms with Crippen molar-refractivity contribution >= 4 is 25.7 Å². The molecule has 5 heteroatoms. The minimum absolute atomic E-state index is 0.189. The molecule has 0 heterocycles. The highest BCUT2D eigenvalue weighted by atomic mass is 28.3. The number of carbonyl (C=O) groups excluding carboxylic acids is 1. The van der Waals surface area contributed by atoms with E-state index >= 15 is 0 Å². The molecule has 0 spiro atoms. The molecule has 0 amide bonds. The summed E-state index contributed by atoms with van der Waals surface area (Å²) in [6, 6.07) is 0. The summed E-state index contributed by atoms with van der Waals surface area (Å²) in [5.41, 5.74) is 1.62. The van der Waals surface area contributed by atoms with Gasteiger partial charge < -0.3 is 8.54 Å². The fourth-order valence-corrected chi connectivity index (χ4v) is 0.955. The highest BCUT2D eigenvalue weighted by Gasteiger charge is 1.95. The molecule has 4 radical (unpaired) electrons. The van der Waals surface area contributed by atoms with E-state index in [2.05, 4.69) is 11.0 Å². The zero-order valence-corrected chi connectivity index (χ0v) is 7.01. The van der Waals surface area contributed by atoms with Crippen molar-refractivity contribution in [3.8, 4) is 0 Å². The van der Waals surface area contributed by atoms with Crippen molar-refractivity contribution in [3.63, 3.8) is 0 Å². The molecule has 0 fully saturated rings. The molecule has 0 aromatic rings. The Bertz CT molecular complexity index is 104. The second-order valence-corrected chi connectivity index (χ2v) is 2.93. The first-order chi connectivity index (χ1) is 4.27. The van der Waals surface area contributed by atoms with Gasteiger partial charge in [-0.05, 0) is 0 Å². The quantitative estimate of drug-likeness (QED) is 0.422. The van der Waals surface area contributed by atoms with Crippen LogP contribution in [0.4, 0.5) is 0 Å². The van der Waals surface area contributed by atoms with Gasteiger partial charge in [-0.1, -0.05) is 5.70 Å². The summed E-state index contributed by atoms with van der Waals surface area (Å²) in [5, 5.41) is 0. The van der Waals surface area contributed by atoms with E-state index in [9.17, 15) is 4.79 Å². The topological polar surface area (TPSA) is 35.5 Å². The summed E-state index contributed by atoms with van der Waals surface area (Å²) in [6.45, 7) is 4.77. The van der Waals surface area contributed by atoms with Gasteiger partial charge in [0.1, 0.15) is 0 Å². The third-order valence-corrected chi connectivity index (χ3v) is 1.71.